The summed E-state index contributed by atoms with van der Waals surface area (Å²) in [6, 6.07) is 4.99. The van der Waals surface area contributed by atoms with Gasteiger partial charge in [0.05, 0.1) is 18.7 Å². The summed E-state index contributed by atoms with van der Waals surface area (Å²) in [4.78, 5) is 9.76. The van der Waals surface area contributed by atoms with Crippen molar-refractivity contribution in [2.24, 2.45) is 0 Å². The molecule has 0 atom stereocenters. The zero-order valence-electron chi connectivity index (χ0n) is 9.22. The smallest absolute Gasteiger partial charge is 0.404 e. The summed E-state index contributed by atoms with van der Waals surface area (Å²) in [5.74, 6) is 0.313. The first-order chi connectivity index (χ1) is 7.74. The highest BCUT2D eigenvalue weighted by molar-refractivity contribution is 5.85. The fourth-order valence-corrected chi connectivity index (χ4v) is 1.23. The Morgan fingerprint density at radius 1 is 1.47 bits per heavy atom. The monoisotopic (exact) mass is 259 g/mol. The van der Waals surface area contributed by atoms with Gasteiger partial charge in [0.2, 0.25) is 0 Å². The summed E-state index contributed by atoms with van der Waals surface area (Å²) in [7, 11) is 0. The van der Waals surface area contributed by atoms with Gasteiger partial charge in [-0.15, -0.1) is 12.4 Å². The maximum absolute atomic E-state index is 10.3. The van der Waals surface area contributed by atoms with Crippen LogP contribution in [0.5, 0.6) is 0 Å². The summed E-state index contributed by atoms with van der Waals surface area (Å²) in [6.45, 7) is 1.25. The number of furan rings is 1. The maximum atomic E-state index is 10.3. The number of unbranched alkanes of at least 4 members (excludes halogenated alkanes) is 2. The SMILES string of the molecule is Cl.N#CCCCCNCc1ccc([N+](=O)[O-])o1. The Kier molecular flexibility index (Phi) is 7.76. The minimum atomic E-state index is -0.559. The van der Waals surface area contributed by atoms with Crippen molar-refractivity contribution in [3.63, 3.8) is 0 Å². The molecule has 1 heterocycles. The summed E-state index contributed by atoms with van der Waals surface area (Å²) >= 11 is 0. The number of nitrogens with one attached hydrogen (secondary N) is 1. The van der Waals surface area contributed by atoms with Crippen LogP contribution in [0.25, 0.3) is 0 Å². The minimum Gasteiger partial charge on any atom is -0.404 e. The van der Waals surface area contributed by atoms with Crippen molar-refractivity contribution < 1.29 is 9.34 Å². The van der Waals surface area contributed by atoms with E-state index in [1.54, 1.807) is 6.07 Å². The van der Waals surface area contributed by atoms with Crippen LogP contribution >= 0.6 is 12.4 Å². The topological polar surface area (TPSA) is 92.1 Å². The standard InChI is InChI=1S/C10H13N3O3.ClH/c11-6-2-1-3-7-12-8-9-4-5-10(16-9)13(14)15;/h4-5,12H,1-3,7-8H2;1H. The summed E-state index contributed by atoms with van der Waals surface area (Å²) < 4.78 is 4.96. The van der Waals surface area contributed by atoms with Crippen LogP contribution in [0.3, 0.4) is 0 Å². The Morgan fingerprint density at radius 2 is 2.24 bits per heavy atom. The fraction of sp³-hybridized carbons (Fsp3) is 0.500. The van der Waals surface area contributed by atoms with Crippen molar-refractivity contribution in [1.29, 1.82) is 5.26 Å². The highest BCUT2D eigenvalue weighted by Gasteiger charge is 2.10. The van der Waals surface area contributed by atoms with Crippen LogP contribution < -0.4 is 5.32 Å². The molecule has 6 nitrogen and oxygen atoms in total. The average molecular weight is 260 g/mol. The van der Waals surface area contributed by atoms with Crippen LogP contribution in [0.1, 0.15) is 25.0 Å². The Hall–Kier alpha value is -1.58. The van der Waals surface area contributed by atoms with Crippen molar-refractivity contribution >= 4 is 18.3 Å². The van der Waals surface area contributed by atoms with Crippen molar-refractivity contribution in [3.05, 3.63) is 28.0 Å². The highest BCUT2D eigenvalue weighted by Crippen LogP contribution is 2.15. The van der Waals surface area contributed by atoms with Crippen molar-refractivity contribution in [2.45, 2.75) is 25.8 Å². The van der Waals surface area contributed by atoms with Gasteiger partial charge in [-0.25, -0.2) is 0 Å². The van der Waals surface area contributed by atoms with Gasteiger partial charge in [-0.1, -0.05) is 0 Å². The first-order valence-corrected chi connectivity index (χ1v) is 5.05. The van der Waals surface area contributed by atoms with Crippen LogP contribution in [0, 0.1) is 21.4 Å². The van der Waals surface area contributed by atoms with E-state index in [9.17, 15) is 10.1 Å². The second-order valence-electron chi connectivity index (χ2n) is 3.29. The van der Waals surface area contributed by atoms with E-state index in [1.807, 2.05) is 0 Å². The van der Waals surface area contributed by atoms with Crippen LogP contribution in [0.15, 0.2) is 16.5 Å². The van der Waals surface area contributed by atoms with E-state index in [2.05, 4.69) is 11.4 Å². The van der Waals surface area contributed by atoms with E-state index < -0.39 is 4.92 Å². The lowest BCUT2D eigenvalue weighted by atomic mass is 10.2. The van der Waals surface area contributed by atoms with E-state index in [-0.39, 0.29) is 18.3 Å². The molecule has 1 aromatic heterocycles. The Bertz CT molecular complexity index is 386. The van der Waals surface area contributed by atoms with E-state index in [4.69, 9.17) is 9.68 Å². The van der Waals surface area contributed by atoms with Crippen LogP contribution in [-0.4, -0.2) is 11.5 Å². The predicted octanol–water partition coefficient (Wildman–Crippen LogP) is 2.39. The van der Waals surface area contributed by atoms with Crippen molar-refractivity contribution in [3.8, 4) is 6.07 Å². The molecule has 0 aromatic carbocycles. The molecular formula is C10H14ClN3O3. The molecule has 0 unspecified atom stereocenters. The molecular weight excluding hydrogens is 246 g/mol. The van der Waals surface area contributed by atoms with Gasteiger partial charge >= 0.3 is 5.88 Å². The predicted molar refractivity (Wildman–Crippen MR) is 63.8 cm³/mol. The normalized spacial score (nSPS) is 9.35. The minimum absolute atomic E-state index is 0. The number of nitrogens with zero attached hydrogens (tertiary/aromatic N) is 2. The van der Waals surface area contributed by atoms with Gasteiger partial charge in [-0.2, -0.15) is 5.26 Å². The highest BCUT2D eigenvalue weighted by atomic mass is 35.5. The molecule has 0 aliphatic carbocycles. The van der Waals surface area contributed by atoms with Crippen molar-refractivity contribution in [1.82, 2.24) is 5.32 Å². The first kappa shape index (κ1) is 15.4. The Morgan fingerprint density at radius 3 is 2.82 bits per heavy atom. The molecule has 7 heteroatoms. The van der Waals surface area contributed by atoms with Gasteiger partial charge in [0.1, 0.15) is 10.7 Å². The lowest BCUT2D eigenvalue weighted by molar-refractivity contribution is -0.402. The van der Waals surface area contributed by atoms with Gasteiger partial charge in [0.15, 0.2) is 0 Å². The van der Waals surface area contributed by atoms with Gasteiger partial charge in [-0.3, -0.25) is 10.1 Å². The van der Waals surface area contributed by atoms with E-state index >= 15 is 0 Å². The molecule has 1 N–H and O–H groups in total. The summed E-state index contributed by atoms with van der Waals surface area (Å²) in [5.41, 5.74) is 0. The zero-order valence-corrected chi connectivity index (χ0v) is 10.0. The van der Waals surface area contributed by atoms with Gasteiger partial charge in [0, 0.05) is 6.42 Å². The molecule has 0 saturated carbocycles. The second-order valence-corrected chi connectivity index (χ2v) is 3.29. The lowest BCUT2D eigenvalue weighted by Crippen LogP contribution is -2.13. The maximum Gasteiger partial charge on any atom is 0.433 e. The molecule has 0 bridgehead atoms. The third-order valence-corrected chi connectivity index (χ3v) is 2.02. The van der Waals surface area contributed by atoms with Gasteiger partial charge < -0.3 is 9.73 Å². The molecule has 1 aromatic rings. The molecule has 0 aliphatic heterocycles. The Labute approximate surface area is 105 Å². The molecule has 94 valence electrons. The number of halogens is 1. The first-order valence-electron chi connectivity index (χ1n) is 5.05. The molecule has 0 spiro atoms. The number of nitro groups is 1. The number of hydrogen-bond donors (Lipinski definition) is 1. The zero-order chi connectivity index (χ0) is 11.8. The molecule has 1 rings (SSSR count). The average Bonchev–Trinajstić information content (AvgIpc) is 2.72. The third kappa shape index (κ3) is 5.90. The molecule has 0 radical (unpaired) electrons. The quantitative estimate of drug-likeness (QED) is 0.461. The van der Waals surface area contributed by atoms with E-state index in [1.165, 1.54) is 6.07 Å². The molecule has 0 saturated heterocycles. The lowest BCUT2D eigenvalue weighted by Gasteiger charge is -2.00. The number of rotatable bonds is 7. The van der Waals surface area contributed by atoms with Crippen LogP contribution in [0.4, 0.5) is 5.88 Å². The van der Waals surface area contributed by atoms with Crippen LogP contribution in [-0.2, 0) is 6.54 Å². The van der Waals surface area contributed by atoms with Gasteiger partial charge in [-0.05, 0) is 25.5 Å². The third-order valence-electron chi connectivity index (χ3n) is 2.02. The summed E-state index contributed by atoms with van der Waals surface area (Å²) in [5, 5.41) is 21.7. The largest absolute Gasteiger partial charge is 0.433 e. The van der Waals surface area contributed by atoms with Crippen molar-refractivity contribution in [2.75, 3.05) is 6.54 Å². The summed E-state index contributed by atoms with van der Waals surface area (Å²) in [6.07, 6.45) is 2.34. The molecule has 0 aliphatic rings. The van der Waals surface area contributed by atoms with E-state index in [0.29, 0.717) is 18.7 Å². The Balaban J connectivity index is 0.00000256. The van der Waals surface area contributed by atoms with Gasteiger partial charge in [0.25, 0.3) is 0 Å². The second kappa shape index (κ2) is 8.56. The molecule has 0 amide bonds. The molecule has 0 fully saturated rings. The fourth-order valence-electron chi connectivity index (χ4n) is 1.23. The molecule has 17 heavy (non-hydrogen) atoms. The van der Waals surface area contributed by atoms with E-state index in [0.717, 1.165) is 19.4 Å². The number of nitriles is 1. The number of hydrogen-bond acceptors (Lipinski definition) is 5. The van der Waals surface area contributed by atoms with Crippen LogP contribution in [0.2, 0.25) is 0 Å².